The van der Waals surface area contributed by atoms with Gasteiger partial charge >= 0.3 is 0 Å². The summed E-state index contributed by atoms with van der Waals surface area (Å²) in [6.45, 7) is 5.02. The molecule has 1 N–H and O–H groups in total. The fourth-order valence-corrected chi connectivity index (χ4v) is 3.15. The van der Waals surface area contributed by atoms with Crippen LogP contribution in [0.25, 0.3) is 0 Å². The molecule has 0 aromatic heterocycles. The quantitative estimate of drug-likeness (QED) is 0.856. The van der Waals surface area contributed by atoms with Gasteiger partial charge in [-0.2, -0.15) is 0 Å². The zero-order valence-electron chi connectivity index (χ0n) is 12.6. The van der Waals surface area contributed by atoms with Gasteiger partial charge in [0.05, 0.1) is 11.1 Å². The van der Waals surface area contributed by atoms with E-state index in [-0.39, 0.29) is 11.8 Å². The zero-order valence-corrected chi connectivity index (χ0v) is 12.6. The number of hydrogen-bond donors (Lipinski definition) is 1. The van der Waals surface area contributed by atoms with Gasteiger partial charge in [-0.3, -0.25) is 14.5 Å². The molecule has 1 fully saturated rings. The first-order valence-electron chi connectivity index (χ1n) is 7.56. The maximum Gasteiger partial charge on any atom is 0.261 e. The van der Waals surface area contributed by atoms with E-state index in [1.165, 1.54) is 11.9 Å². The van der Waals surface area contributed by atoms with Gasteiger partial charge in [-0.05, 0) is 24.6 Å². The number of imide groups is 1. The molecule has 2 amide bonds. The summed E-state index contributed by atoms with van der Waals surface area (Å²) >= 11 is 0. The standard InChI is InChI=1S/C16H21N3O2/c1-3-4-11-10-19(8-7-17-11)12-5-6-13-14(9-12)16(21)18(2)15(13)20/h5-6,9,11,17H,3-4,7-8,10H2,1-2H3. The third kappa shape index (κ3) is 2.42. The van der Waals surface area contributed by atoms with Crippen LogP contribution in [0.1, 0.15) is 40.5 Å². The van der Waals surface area contributed by atoms with Crippen LogP contribution < -0.4 is 10.2 Å². The molecule has 0 bridgehead atoms. The van der Waals surface area contributed by atoms with E-state index in [1.807, 2.05) is 12.1 Å². The molecule has 0 saturated carbocycles. The van der Waals surface area contributed by atoms with Crippen LogP contribution in [0.15, 0.2) is 18.2 Å². The van der Waals surface area contributed by atoms with Crippen LogP contribution in [0.3, 0.4) is 0 Å². The lowest BCUT2D eigenvalue weighted by atomic mass is 10.1. The fourth-order valence-electron chi connectivity index (χ4n) is 3.15. The monoisotopic (exact) mass is 287 g/mol. The Morgan fingerprint density at radius 3 is 2.76 bits per heavy atom. The molecule has 3 rings (SSSR count). The molecule has 1 aromatic carbocycles. The lowest BCUT2D eigenvalue weighted by Gasteiger charge is -2.35. The van der Waals surface area contributed by atoms with Crippen LogP contribution in [0.5, 0.6) is 0 Å². The third-order valence-electron chi connectivity index (χ3n) is 4.33. The fraction of sp³-hybridized carbons (Fsp3) is 0.500. The van der Waals surface area contributed by atoms with Crippen LogP contribution in [0.4, 0.5) is 5.69 Å². The summed E-state index contributed by atoms with van der Waals surface area (Å²) in [5, 5.41) is 3.52. The zero-order chi connectivity index (χ0) is 15.0. The minimum Gasteiger partial charge on any atom is -0.369 e. The van der Waals surface area contributed by atoms with E-state index in [0.29, 0.717) is 17.2 Å². The van der Waals surface area contributed by atoms with Crippen LogP contribution in [-0.2, 0) is 0 Å². The summed E-state index contributed by atoms with van der Waals surface area (Å²) in [5.41, 5.74) is 2.09. The molecule has 2 aliphatic rings. The van der Waals surface area contributed by atoms with Gasteiger partial charge in [0.25, 0.3) is 11.8 Å². The molecule has 0 radical (unpaired) electrons. The van der Waals surface area contributed by atoms with Gasteiger partial charge in [0, 0.05) is 38.4 Å². The van der Waals surface area contributed by atoms with E-state index < -0.39 is 0 Å². The van der Waals surface area contributed by atoms with Gasteiger partial charge < -0.3 is 10.2 Å². The maximum atomic E-state index is 12.1. The van der Waals surface area contributed by atoms with Gasteiger partial charge in [0.1, 0.15) is 0 Å². The van der Waals surface area contributed by atoms with Crippen LogP contribution in [0, 0.1) is 0 Å². The van der Waals surface area contributed by atoms with E-state index in [9.17, 15) is 9.59 Å². The topological polar surface area (TPSA) is 52.7 Å². The molecule has 1 atom stereocenters. The lowest BCUT2D eigenvalue weighted by molar-refractivity contribution is 0.0693. The second-order valence-electron chi connectivity index (χ2n) is 5.78. The van der Waals surface area contributed by atoms with Gasteiger partial charge in [0.2, 0.25) is 0 Å². The minimum absolute atomic E-state index is 0.197. The van der Waals surface area contributed by atoms with E-state index in [0.717, 1.165) is 38.2 Å². The Balaban J connectivity index is 1.85. The number of amides is 2. The van der Waals surface area contributed by atoms with Crippen molar-refractivity contribution < 1.29 is 9.59 Å². The summed E-state index contributed by atoms with van der Waals surface area (Å²) < 4.78 is 0. The van der Waals surface area contributed by atoms with Gasteiger partial charge in [-0.15, -0.1) is 0 Å². The van der Waals surface area contributed by atoms with Crippen molar-refractivity contribution in [2.75, 3.05) is 31.6 Å². The second kappa shape index (κ2) is 5.48. The molecule has 2 aliphatic heterocycles. The molecule has 5 heteroatoms. The van der Waals surface area contributed by atoms with Crippen molar-refractivity contribution in [2.45, 2.75) is 25.8 Å². The summed E-state index contributed by atoms with van der Waals surface area (Å²) in [7, 11) is 1.53. The molecule has 112 valence electrons. The Hall–Kier alpha value is -1.88. The minimum atomic E-state index is -0.203. The number of rotatable bonds is 3. The molecule has 21 heavy (non-hydrogen) atoms. The molecular formula is C16H21N3O2. The highest BCUT2D eigenvalue weighted by Gasteiger charge is 2.33. The molecular weight excluding hydrogens is 266 g/mol. The molecule has 5 nitrogen and oxygen atoms in total. The molecule has 1 saturated heterocycles. The Morgan fingerprint density at radius 2 is 2.00 bits per heavy atom. The highest BCUT2D eigenvalue weighted by atomic mass is 16.2. The van der Waals surface area contributed by atoms with E-state index >= 15 is 0 Å². The average Bonchev–Trinajstić information content (AvgIpc) is 2.72. The van der Waals surface area contributed by atoms with E-state index in [2.05, 4.69) is 17.1 Å². The summed E-state index contributed by atoms with van der Waals surface area (Å²) in [4.78, 5) is 27.5. The number of hydrogen-bond acceptors (Lipinski definition) is 4. The number of carbonyl (C=O) groups is 2. The normalized spacial score (nSPS) is 21.9. The molecule has 1 unspecified atom stereocenters. The van der Waals surface area contributed by atoms with Crippen molar-refractivity contribution in [3.05, 3.63) is 29.3 Å². The van der Waals surface area contributed by atoms with Crippen LogP contribution >= 0.6 is 0 Å². The number of piperazine rings is 1. The predicted octanol–water partition coefficient (Wildman–Crippen LogP) is 1.49. The second-order valence-corrected chi connectivity index (χ2v) is 5.78. The number of fused-ring (bicyclic) bond motifs is 1. The van der Waals surface area contributed by atoms with Crippen molar-refractivity contribution >= 4 is 17.5 Å². The Kier molecular flexibility index (Phi) is 3.68. The van der Waals surface area contributed by atoms with Gasteiger partial charge in [-0.1, -0.05) is 13.3 Å². The number of benzene rings is 1. The van der Waals surface area contributed by atoms with Crippen molar-refractivity contribution in [1.29, 1.82) is 0 Å². The van der Waals surface area contributed by atoms with Crippen molar-refractivity contribution in [3.63, 3.8) is 0 Å². The van der Waals surface area contributed by atoms with Gasteiger partial charge in [0.15, 0.2) is 0 Å². The Morgan fingerprint density at radius 1 is 1.24 bits per heavy atom. The first-order chi connectivity index (χ1) is 10.1. The first kappa shape index (κ1) is 14.1. The van der Waals surface area contributed by atoms with E-state index in [4.69, 9.17) is 0 Å². The average molecular weight is 287 g/mol. The molecule has 2 heterocycles. The van der Waals surface area contributed by atoms with Crippen LogP contribution in [0.2, 0.25) is 0 Å². The van der Waals surface area contributed by atoms with Crippen molar-refractivity contribution in [2.24, 2.45) is 0 Å². The first-order valence-corrected chi connectivity index (χ1v) is 7.56. The highest BCUT2D eigenvalue weighted by Crippen LogP contribution is 2.27. The van der Waals surface area contributed by atoms with Crippen LogP contribution in [-0.4, -0.2) is 49.4 Å². The summed E-state index contributed by atoms with van der Waals surface area (Å²) in [6, 6.07) is 6.10. The number of nitrogens with one attached hydrogen (secondary N) is 1. The lowest BCUT2D eigenvalue weighted by Crippen LogP contribution is -2.50. The number of carbonyl (C=O) groups excluding carboxylic acids is 2. The summed E-state index contributed by atoms with van der Waals surface area (Å²) in [5.74, 6) is -0.400. The number of nitrogens with zero attached hydrogens (tertiary/aromatic N) is 2. The SMILES string of the molecule is CCCC1CN(c2ccc3c(c2)C(=O)N(C)C3=O)CCN1. The summed E-state index contributed by atoms with van der Waals surface area (Å²) in [6.07, 6.45) is 2.31. The maximum absolute atomic E-state index is 12.1. The molecule has 0 spiro atoms. The Bertz CT molecular complexity index is 583. The number of anilines is 1. The van der Waals surface area contributed by atoms with Crippen molar-refractivity contribution in [1.82, 2.24) is 10.2 Å². The third-order valence-corrected chi connectivity index (χ3v) is 4.33. The highest BCUT2D eigenvalue weighted by molar-refractivity contribution is 6.21. The predicted molar refractivity (Wildman–Crippen MR) is 81.8 cm³/mol. The van der Waals surface area contributed by atoms with Crippen molar-refractivity contribution in [3.8, 4) is 0 Å². The largest absolute Gasteiger partial charge is 0.369 e. The molecule has 0 aliphatic carbocycles. The molecule has 1 aromatic rings. The van der Waals surface area contributed by atoms with Gasteiger partial charge in [-0.25, -0.2) is 0 Å². The Labute approximate surface area is 124 Å². The van der Waals surface area contributed by atoms with E-state index in [1.54, 1.807) is 6.07 Å². The smallest absolute Gasteiger partial charge is 0.261 e.